The third kappa shape index (κ3) is 3.58. The summed E-state index contributed by atoms with van der Waals surface area (Å²) in [6.07, 6.45) is 0. The molecular formula is C12H20N4O2. The molecule has 18 heavy (non-hydrogen) atoms. The number of rotatable bonds is 5. The highest BCUT2D eigenvalue weighted by atomic mass is 16.6. The van der Waals surface area contributed by atoms with E-state index in [4.69, 9.17) is 5.73 Å². The number of aromatic nitrogens is 1. The molecule has 100 valence electrons. The first kappa shape index (κ1) is 14.2. The van der Waals surface area contributed by atoms with Crippen molar-refractivity contribution < 1.29 is 4.92 Å². The van der Waals surface area contributed by atoms with E-state index in [1.54, 1.807) is 0 Å². The Labute approximate surface area is 107 Å². The Morgan fingerprint density at radius 3 is 2.44 bits per heavy atom. The van der Waals surface area contributed by atoms with Crippen LogP contribution in [0, 0.1) is 16.0 Å². The number of nitrogens with zero attached hydrogens (tertiary/aromatic N) is 3. The minimum absolute atomic E-state index is 0.0214. The summed E-state index contributed by atoms with van der Waals surface area (Å²) in [6, 6.07) is 2.96. The predicted octanol–water partition coefficient (Wildman–Crippen LogP) is 2.44. The maximum absolute atomic E-state index is 10.8. The summed E-state index contributed by atoms with van der Waals surface area (Å²) in [5.74, 6) is 1.17. The molecule has 0 saturated carbocycles. The van der Waals surface area contributed by atoms with Gasteiger partial charge in [-0.2, -0.15) is 0 Å². The third-order valence-corrected chi connectivity index (χ3v) is 2.51. The lowest BCUT2D eigenvalue weighted by Crippen LogP contribution is -2.34. The topological polar surface area (TPSA) is 85.3 Å². The first-order valence-electron chi connectivity index (χ1n) is 6.00. The molecule has 0 amide bonds. The Morgan fingerprint density at radius 2 is 2.00 bits per heavy atom. The monoisotopic (exact) mass is 252 g/mol. The zero-order valence-electron chi connectivity index (χ0n) is 11.3. The van der Waals surface area contributed by atoms with Crippen molar-refractivity contribution in [1.29, 1.82) is 0 Å². The lowest BCUT2D eigenvalue weighted by atomic mass is 10.1. The molecule has 6 heteroatoms. The normalized spacial score (nSPS) is 11.0. The highest BCUT2D eigenvalue weighted by Gasteiger charge is 2.18. The van der Waals surface area contributed by atoms with Gasteiger partial charge in [0.1, 0.15) is 11.6 Å². The lowest BCUT2D eigenvalue weighted by Gasteiger charge is -2.29. The fraction of sp³-hybridized carbons (Fsp3) is 0.583. The number of nitro groups is 1. The second-order valence-corrected chi connectivity index (χ2v) is 5.01. The minimum Gasteiger partial charge on any atom is -0.383 e. The van der Waals surface area contributed by atoms with E-state index in [2.05, 4.69) is 18.8 Å². The van der Waals surface area contributed by atoms with Crippen LogP contribution < -0.4 is 10.6 Å². The molecule has 0 aliphatic carbocycles. The van der Waals surface area contributed by atoms with Crippen molar-refractivity contribution in [2.45, 2.75) is 33.7 Å². The highest BCUT2D eigenvalue weighted by Crippen LogP contribution is 2.24. The van der Waals surface area contributed by atoms with E-state index in [1.807, 2.05) is 18.7 Å². The van der Waals surface area contributed by atoms with Crippen molar-refractivity contribution in [3.05, 3.63) is 22.2 Å². The van der Waals surface area contributed by atoms with E-state index in [-0.39, 0.29) is 17.5 Å². The molecular weight excluding hydrogens is 232 g/mol. The van der Waals surface area contributed by atoms with E-state index >= 15 is 0 Å². The van der Waals surface area contributed by atoms with Gasteiger partial charge in [-0.05, 0) is 19.8 Å². The quantitative estimate of drug-likeness (QED) is 0.642. The molecule has 0 bridgehead atoms. The van der Waals surface area contributed by atoms with Crippen LogP contribution in [-0.4, -0.2) is 22.5 Å². The van der Waals surface area contributed by atoms with Crippen LogP contribution in [0.15, 0.2) is 12.1 Å². The first-order chi connectivity index (χ1) is 8.31. The van der Waals surface area contributed by atoms with Crippen LogP contribution in [0.4, 0.5) is 17.3 Å². The number of nitrogen functional groups attached to an aromatic ring is 1. The maximum atomic E-state index is 10.8. The van der Waals surface area contributed by atoms with Gasteiger partial charge < -0.3 is 10.6 Å². The van der Waals surface area contributed by atoms with Gasteiger partial charge in [-0.15, -0.1) is 0 Å². The van der Waals surface area contributed by atoms with E-state index in [9.17, 15) is 10.1 Å². The Bertz CT molecular complexity index is 432. The fourth-order valence-electron chi connectivity index (χ4n) is 1.74. The molecule has 1 heterocycles. The van der Waals surface area contributed by atoms with Crippen LogP contribution in [-0.2, 0) is 0 Å². The predicted molar refractivity (Wildman–Crippen MR) is 72.6 cm³/mol. The Morgan fingerprint density at radius 1 is 1.39 bits per heavy atom. The Balaban J connectivity index is 3.15. The summed E-state index contributed by atoms with van der Waals surface area (Å²) < 4.78 is 0. The van der Waals surface area contributed by atoms with Crippen LogP contribution in [0.5, 0.6) is 0 Å². The van der Waals surface area contributed by atoms with Gasteiger partial charge >= 0.3 is 0 Å². The molecule has 6 nitrogen and oxygen atoms in total. The average molecular weight is 252 g/mol. The molecule has 2 N–H and O–H groups in total. The van der Waals surface area contributed by atoms with Crippen LogP contribution in [0.1, 0.15) is 27.7 Å². The fourth-order valence-corrected chi connectivity index (χ4v) is 1.74. The minimum atomic E-state index is -0.449. The van der Waals surface area contributed by atoms with Crippen LogP contribution in [0.3, 0.4) is 0 Å². The highest BCUT2D eigenvalue weighted by molar-refractivity contribution is 5.54. The van der Waals surface area contributed by atoms with E-state index < -0.39 is 4.92 Å². The smallest absolute Gasteiger partial charge is 0.276 e. The van der Waals surface area contributed by atoms with Gasteiger partial charge in [0, 0.05) is 12.6 Å². The summed E-state index contributed by atoms with van der Waals surface area (Å²) in [6.45, 7) is 9.02. The van der Waals surface area contributed by atoms with E-state index in [0.717, 1.165) is 6.54 Å². The summed E-state index contributed by atoms with van der Waals surface area (Å²) in [7, 11) is 0. The van der Waals surface area contributed by atoms with Crippen molar-refractivity contribution in [1.82, 2.24) is 4.98 Å². The summed E-state index contributed by atoms with van der Waals surface area (Å²) in [4.78, 5) is 16.6. The van der Waals surface area contributed by atoms with Crippen LogP contribution >= 0.6 is 0 Å². The second kappa shape index (κ2) is 5.66. The van der Waals surface area contributed by atoms with E-state index in [0.29, 0.717) is 11.7 Å². The molecule has 0 aromatic carbocycles. The van der Waals surface area contributed by atoms with Gasteiger partial charge in [-0.1, -0.05) is 13.8 Å². The lowest BCUT2D eigenvalue weighted by molar-refractivity contribution is -0.384. The van der Waals surface area contributed by atoms with Gasteiger partial charge in [0.2, 0.25) is 0 Å². The molecule has 1 rings (SSSR count). The Hall–Kier alpha value is -1.85. The van der Waals surface area contributed by atoms with Gasteiger partial charge in [0.15, 0.2) is 0 Å². The molecule has 0 saturated heterocycles. The van der Waals surface area contributed by atoms with Gasteiger partial charge in [-0.25, -0.2) is 4.98 Å². The largest absolute Gasteiger partial charge is 0.383 e. The van der Waals surface area contributed by atoms with Crippen LogP contribution in [0.25, 0.3) is 0 Å². The zero-order valence-corrected chi connectivity index (χ0v) is 11.3. The standard InChI is InChI=1S/C12H20N4O2/c1-8(2)7-15(9(3)4)12-6-10(16(17)18)5-11(13)14-12/h5-6,8-9H,7H2,1-4H3,(H2,13,14). The average Bonchev–Trinajstić information content (AvgIpc) is 2.24. The maximum Gasteiger partial charge on any atom is 0.276 e. The molecule has 0 radical (unpaired) electrons. The molecule has 0 unspecified atom stereocenters. The van der Waals surface area contributed by atoms with Crippen molar-refractivity contribution >= 4 is 17.3 Å². The number of anilines is 2. The first-order valence-corrected chi connectivity index (χ1v) is 6.00. The van der Waals surface area contributed by atoms with E-state index in [1.165, 1.54) is 12.1 Å². The van der Waals surface area contributed by atoms with Crippen LogP contribution in [0.2, 0.25) is 0 Å². The molecule has 0 spiro atoms. The third-order valence-electron chi connectivity index (χ3n) is 2.51. The summed E-state index contributed by atoms with van der Waals surface area (Å²) >= 11 is 0. The van der Waals surface area contributed by atoms with Crippen molar-refractivity contribution in [3.8, 4) is 0 Å². The van der Waals surface area contributed by atoms with Gasteiger partial charge in [-0.3, -0.25) is 10.1 Å². The van der Waals surface area contributed by atoms with Gasteiger partial charge in [0.25, 0.3) is 5.69 Å². The summed E-state index contributed by atoms with van der Waals surface area (Å²) in [5, 5.41) is 10.8. The molecule has 1 aromatic rings. The molecule has 0 aliphatic heterocycles. The number of hydrogen-bond donors (Lipinski definition) is 1. The number of nitrogens with two attached hydrogens (primary N) is 1. The van der Waals surface area contributed by atoms with Crippen molar-refractivity contribution in [2.75, 3.05) is 17.2 Å². The SMILES string of the molecule is CC(C)CN(c1cc([N+](=O)[O-])cc(N)n1)C(C)C. The number of pyridine rings is 1. The second-order valence-electron chi connectivity index (χ2n) is 5.01. The van der Waals surface area contributed by atoms with Gasteiger partial charge in [0.05, 0.1) is 17.1 Å². The molecule has 0 atom stereocenters. The summed E-state index contributed by atoms with van der Waals surface area (Å²) in [5.41, 5.74) is 5.60. The van der Waals surface area contributed by atoms with Crippen molar-refractivity contribution in [3.63, 3.8) is 0 Å². The molecule has 0 aliphatic rings. The Kier molecular flexibility index (Phi) is 4.47. The number of hydrogen-bond acceptors (Lipinski definition) is 5. The van der Waals surface area contributed by atoms with Crippen molar-refractivity contribution in [2.24, 2.45) is 5.92 Å². The molecule has 1 aromatic heterocycles. The zero-order chi connectivity index (χ0) is 13.9. The molecule has 0 fully saturated rings.